The SMILES string of the molecule is O=C(Oc1ccc(-c2ccccc2)cc1Br)c1ccc(OCCOc2ccccc2)cc1. The third kappa shape index (κ3) is 5.77. The van der Waals surface area contributed by atoms with Crippen LogP contribution in [0.1, 0.15) is 10.4 Å². The summed E-state index contributed by atoms with van der Waals surface area (Å²) in [4.78, 5) is 12.5. The van der Waals surface area contributed by atoms with E-state index in [1.165, 1.54) is 0 Å². The van der Waals surface area contributed by atoms with Crippen molar-refractivity contribution in [2.75, 3.05) is 13.2 Å². The Balaban J connectivity index is 1.31. The Morgan fingerprint density at radius 3 is 1.88 bits per heavy atom. The molecule has 0 saturated heterocycles. The average molecular weight is 489 g/mol. The lowest BCUT2D eigenvalue weighted by atomic mass is 10.1. The van der Waals surface area contributed by atoms with E-state index < -0.39 is 5.97 Å². The van der Waals surface area contributed by atoms with Gasteiger partial charge in [0.25, 0.3) is 0 Å². The van der Waals surface area contributed by atoms with Gasteiger partial charge in [0, 0.05) is 0 Å². The van der Waals surface area contributed by atoms with E-state index in [0.29, 0.717) is 34.7 Å². The molecule has 0 atom stereocenters. The smallest absolute Gasteiger partial charge is 0.343 e. The fraction of sp³-hybridized carbons (Fsp3) is 0.0741. The summed E-state index contributed by atoms with van der Waals surface area (Å²) >= 11 is 3.50. The Morgan fingerprint density at radius 1 is 0.656 bits per heavy atom. The highest BCUT2D eigenvalue weighted by Gasteiger charge is 2.12. The van der Waals surface area contributed by atoms with E-state index in [-0.39, 0.29) is 0 Å². The van der Waals surface area contributed by atoms with Gasteiger partial charge in [0.1, 0.15) is 30.5 Å². The molecule has 4 nitrogen and oxygen atoms in total. The predicted octanol–water partition coefficient (Wildman–Crippen LogP) is 6.79. The quantitative estimate of drug-likeness (QED) is 0.155. The molecule has 0 aliphatic carbocycles. The van der Waals surface area contributed by atoms with Crippen molar-refractivity contribution in [2.45, 2.75) is 0 Å². The normalized spacial score (nSPS) is 10.4. The number of hydrogen-bond donors (Lipinski definition) is 0. The van der Waals surface area contributed by atoms with Crippen LogP contribution in [-0.4, -0.2) is 19.2 Å². The Bertz CT molecular complexity index is 1160. The number of benzene rings is 4. The van der Waals surface area contributed by atoms with Gasteiger partial charge in [-0.15, -0.1) is 0 Å². The second kappa shape index (κ2) is 10.6. The minimum Gasteiger partial charge on any atom is -0.490 e. The van der Waals surface area contributed by atoms with Crippen LogP contribution in [0.4, 0.5) is 0 Å². The lowest BCUT2D eigenvalue weighted by Gasteiger charge is -2.10. The summed E-state index contributed by atoms with van der Waals surface area (Å²) in [6.07, 6.45) is 0. The van der Waals surface area contributed by atoms with Crippen molar-refractivity contribution in [3.8, 4) is 28.4 Å². The first-order valence-corrected chi connectivity index (χ1v) is 11.0. The number of halogens is 1. The van der Waals surface area contributed by atoms with Crippen molar-refractivity contribution in [1.29, 1.82) is 0 Å². The van der Waals surface area contributed by atoms with E-state index in [1.807, 2.05) is 72.8 Å². The molecule has 0 radical (unpaired) electrons. The number of hydrogen-bond acceptors (Lipinski definition) is 4. The molecular formula is C27H21BrO4. The zero-order valence-electron chi connectivity index (χ0n) is 17.2. The van der Waals surface area contributed by atoms with E-state index in [9.17, 15) is 4.79 Å². The lowest BCUT2D eigenvalue weighted by molar-refractivity contribution is 0.0733. The highest BCUT2D eigenvalue weighted by Crippen LogP contribution is 2.31. The molecule has 0 aliphatic rings. The number of carbonyl (C=O) groups excluding carboxylic acids is 1. The molecule has 0 fully saturated rings. The van der Waals surface area contributed by atoms with Crippen molar-refractivity contribution in [1.82, 2.24) is 0 Å². The van der Waals surface area contributed by atoms with Gasteiger partial charge in [0.05, 0.1) is 10.0 Å². The number of esters is 1. The van der Waals surface area contributed by atoms with E-state index in [1.54, 1.807) is 30.3 Å². The summed E-state index contributed by atoms with van der Waals surface area (Å²) in [7, 11) is 0. The van der Waals surface area contributed by atoms with E-state index in [2.05, 4.69) is 15.9 Å². The Kier molecular flexibility index (Phi) is 7.20. The van der Waals surface area contributed by atoms with Crippen LogP contribution in [0.15, 0.2) is 108 Å². The number of para-hydroxylation sites is 1. The monoisotopic (exact) mass is 488 g/mol. The third-order valence-electron chi connectivity index (χ3n) is 4.70. The van der Waals surface area contributed by atoms with Crippen LogP contribution in [0.2, 0.25) is 0 Å². The van der Waals surface area contributed by atoms with Crippen LogP contribution >= 0.6 is 15.9 Å². The molecule has 32 heavy (non-hydrogen) atoms. The topological polar surface area (TPSA) is 44.8 Å². The molecule has 160 valence electrons. The second-order valence-electron chi connectivity index (χ2n) is 6.94. The fourth-order valence-corrected chi connectivity index (χ4v) is 3.54. The fourth-order valence-electron chi connectivity index (χ4n) is 3.08. The van der Waals surface area contributed by atoms with Gasteiger partial charge in [0.15, 0.2) is 0 Å². The molecule has 0 spiro atoms. The van der Waals surface area contributed by atoms with E-state index >= 15 is 0 Å². The molecule has 4 aromatic carbocycles. The highest BCUT2D eigenvalue weighted by molar-refractivity contribution is 9.10. The van der Waals surface area contributed by atoms with Crippen molar-refractivity contribution in [3.63, 3.8) is 0 Å². The van der Waals surface area contributed by atoms with Crippen molar-refractivity contribution >= 4 is 21.9 Å². The Morgan fingerprint density at radius 2 is 1.25 bits per heavy atom. The molecular weight excluding hydrogens is 468 g/mol. The predicted molar refractivity (Wildman–Crippen MR) is 128 cm³/mol. The van der Waals surface area contributed by atoms with Gasteiger partial charge in [-0.25, -0.2) is 4.79 Å². The van der Waals surface area contributed by atoms with E-state index in [0.717, 1.165) is 16.9 Å². The molecule has 0 amide bonds. The van der Waals surface area contributed by atoms with Gasteiger partial charge in [-0.05, 0) is 75.6 Å². The average Bonchev–Trinajstić information content (AvgIpc) is 2.84. The number of ether oxygens (including phenoxy) is 3. The van der Waals surface area contributed by atoms with Crippen LogP contribution in [0.5, 0.6) is 17.2 Å². The first kappa shape index (κ1) is 21.7. The minimum absolute atomic E-state index is 0.402. The minimum atomic E-state index is -0.433. The van der Waals surface area contributed by atoms with Gasteiger partial charge in [-0.2, -0.15) is 0 Å². The third-order valence-corrected chi connectivity index (χ3v) is 5.32. The standard InChI is InChI=1S/C27H21BrO4/c28-25-19-22(20-7-3-1-4-8-20)13-16-26(25)32-27(29)21-11-14-24(15-12-21)31-18-17-30-23-9-5-2-6-10-23/h1-16,19H,17-18H2. The molecule has 0 heterocycles. The summed E-state index contributed by atoms with van der Waals surface area (Å²) in [5, 5.41) is 0. The van der Waals surface area contributed by atoms with Crippen LogP contribution in [-0.2, 0) is 0 Å². The lowest BCUT2D eigenvalue weighted by Crippen LogP contribution is -2.10. The molecule has 4 aromatic rings. The van der Waals surface area contributed by atoms with Crippen molar-refractivity contribution in [2.24, 2.45) is 0 Å². The van der Waals surface area contributed by atoms with Crippen LogP contribution < -0.4 is 14.2 Å². The maximum atomic E-state index is 12.5. The summed E-state index contributed by atoms with van der Waals surface area (Å²) in [5.41, 5.74) is 2.57. The summed E-state index contributed by atoms with van der Waals surface area (Å²) in [6, 6.07) is 32.1. The molecule has 0 aliphatic heterocycles. The van der Waals surface area contributed by atoms with Gasteiger partial charge >= 0.3 is 5.97 Å². The van der Waals surface area contributed by atoms with Gasteiger partial charge < -0.3 is 14.2 Å². The first-order valence-electron chi connectivity index (χ1n) is 10.2. The molecule has 4 rings (SSSR count). The Labute approximate surface area is 195 Å². The maximum absolute atomic E-state index is 12.5. The van der Waals surface area contributed by atoms with Gasteiger partial charge in [0.2, 0.25) is 0 Å². The number of carbonyl (C=O) groups is 1. The maximum Gasteiger partial charge on any atom is 0.343 e. The molecule has 0 aromatic heterocycles. The molecule has 0 N–H and O–H groups in total. The summed E-state index contributed by atoms with van der Waals surface area (Å²) in [6.45, 7) is 0.834. The van der Waals surface area contributed by atoms with Crippen LogP contribution in [0, 0.1) is 0 Å². The van der Waals surface area contributed by atoms with Crippen molar-refractivity contribution < 1.29 is 19.0 Å². The highest BCUT2D eigenvalue weighted by atomic mass is 79.9. The molecule has 5 heteroatoms. The Hall–Kier alpha value is -3.57. The number of rotatable bonds is 8. The largest absolute Gasteiger partial charge is 0.490 e. The molecule has 0 unspecified atom stereocenters. The zero-order valence-corrected chi connectivity index (χ0v) is 18.8. The second-order valence-corrected chi connectivity index (χ2v) is 7.79. The van der Waals surface area contributed by atoms with Crippen molar-refractivity contribution in [3.05, 3.63) is 113 Å². The zero-order chi connectivity index (χ0) is 22.2. The van der Waals surface area contributed by atoms with E-state index in [4.69, 9.17) is 14.2 Å². The first-order chi connectivity index (χ1) is 15.7. The van der Waals surface area contributed by atoms with Crippen LogP contribution in [0.25, 0.3) is 11.1 Å². The van der Waals surface area contributed by atoms with Crippen LogP contribution in [0.3, 0.4) is 0 Å². The summed E-state index contributed by atoms with van der Waals surface area (Å²) in [5.74, 6) is 1.49. The molecule has 0 saturated carbocycles. The van der Waals surface area contributed by atoms with Gasteiger partial charge in [-0.1, -0.05) is 54.6 Å². The van der Waals surface area contributed by atoms with Gasteiger partial charge in [-0.3, -0.25) is 0 Å². The molecule has 0 bridgehead atoms. The summed E-state index contributed by atoms with van der Waals surface area (Å²) < 4.78 is 17.5.